The summed E-state index contributed by atoms with van der Waals surface area (Å²) in [7, 11) is 7.82. The van der Waals surface area contributed by atoms with Crippen molar-refractivity contribution in [2.45, 2.75) is 60.4 Å². The fourth-order valence-corrected chi connectivity index (χ4v) is 4.39. The van der Waals surface area contributed by atoms with Gasteiger partial charge in [0.1, 0.15) is 5.75 Å². The van der Waals surface area contributed by atoms with Gasteiger partial charge in [-0.1, -0.05) is 64.0 Å². The topological polar surface area (TPSA) is 114 Å². The van der Waals surface area contributed by atoms with Gasteiger partial charge in [-0.3, -0.25) is 4.79 Å². The van der Waals surface area contributed by atoms with Crippen LogP contribution in [-0.2, 0) is 12.0 Å². The van der Waals surface area contributed by atoms with Crippen molar-refractivity contribution in [1.82, 2.24) is 30.1 Å². The molecule has 0 saturated carbocycles. The maximum absolute atomic E-state index is 13.6. The van der Waals surface area contributed by atoms with E-state index >= 15 is 0 Å². The molecule has 44 heavy (non-hydrogen) atoms. The van der Waals surface area contributed by atoms with Crippen molar-refractivity contribution < 1.29 is 19.1 Å². The lowest BCUT2D eigenvalue weighted by Gasteiger charge is -2.26. The molecular formula is C33H49N7O4. The minimum atomic E-state index is -0.605. The van der Waals surface area contributed by atoms with Gasteiger partial charge in [0.2, 0.25) is 0 Å². The molecule has 0 unspecified atom stereocenters. The smallest absolute Gasteiger partial charge is 0.414 e. The largest absolute Gasteiger partial charge is 0.494 e. The minimum Gasteiger partial charge on any atom is -0.494 e. The number of nitrogens with zero attached hydrogens (tertiary/aromatic N) is 5. The second-order valence-electron chi connectivity index (χ2n) is 13.8. The normalized spacial score (nSPS) is 12.0. The van der Waals surface area contributed by atoms with Crippen molar-refractivity contribution in [3.05, 3.63) is 58.8 Å². The molecule has 0 radical (unpaired) electrons. The number of hydrogen-bond donors (Lipinski definition) is 2. The summed E-state index contributed by atoms with van der Waals surface area (Å²) in [4.78, 5) is 30.2. The van der Waals surface area contributed by atoms with Gasteiger partial charge < -0.3 is 29.9 Å². The number of amides is 2. The molecule has 11 nitrogen and oxygen atoms in total. The van der Waals surface area contributed by atoms with E-state index in [2.05, 4.69) is 78.7 Å². The van der Waals surface area contributed by atoms with Crippen molar-refractivity contribution in [3.8, 4) is 17.3 Å². The summed E-state index contributed by atoms with van der Waals surface area (Å²) >= 11 is 0. The van der Waals surface area contributed by atoms with Crippen molar-refractivity contribution in [2.75, 3.05) is 53.2 Å². The van der Waals surface area contributed by atoms with Crippen molar-refractivity contribution >= 4 is 17.7 Å². The summed E-state index contributed by atoms with van der Waals surface area (Å²) in [6.07, 6.45) is 0.904. The van der Waals surface area contributed by atoms with Gasteiger partial charge >= 0.3 is 6.09 Å². The molecule has 1 heterocycles. The Kier molecular flexibility index (Phi) is 11.2. The molecule has 1 aromatic heterocycles. The zero-order valence-electron chi connectivity index (χ0n) is 28.2. The number of ether oxygens (including phenoxy) is 2. The highest BCUT2D eigenvalue weighted by molar-refractivity contribution is 6.05. The fraction of sp³-hybridized carbons (Fsp3) is 0.515. The summed E-state index contributed by atoms with van der Waals surface area (Å²) in [5, 5.41) is 13.9. The van der Waals surface area contributed by atoms with Crippen molar-refractivity contribution in [2.24, 2.45) is 5.41 Å². The highest BCUT2D eigenvalue weighted by Gasteiger charge is 2.22. The molecule has 0 aliphatic rings. The van der Waals surface area contributed by atoms with Crippen molar-refractivity contribution in [3.63, 3.8) is 0 Å². The Morgan fingerprint density at radius 1 is 1.00 bits per heavy atom. The average molecular weight is 608 g/mol. The molecule has 0 atom stereocenters. The van der Waals surface area contributed by atoms with E-state index in [1.807, 2.05) is 39.8 Å². The number of aryl methyl sites for hydroxylation is 1. The third-order valence-corrected chi connectivity index (χ3v) is 7.00. The van der Waals surface area contributed by atoms with Gasteiger partial charge in [-0.15, -0.1) is 0 Å². The van der Waals surface area contributed by atoms with Crippen LogP contribution in [0.15, 0.2) is 36.5 Å². The van der Waals surface area contributed by atoms with Crippen LogP contribution >= 0.6 is 0 Å². The molecule has 0 aliphatic heterocycles. The van der Waals surface area contributed by atoms with Gasteiger partial charge in [0, 0.05) is 37.3 Å². The van der Waals surface area contributed by atoms with E-state index in [1.165, 1.54) is 10.9 Å². The van der Waals surface area contributed by atoms with Gasteiger partial charge in [0.05, 0.1) is 24.7 Å². The molecule has 3 rings (SSSR count). The molecular weight excluding hydrogens is 558 g/mol. The van der Waals surface area contributed by atoms with Crippen LogP contribution in [0.3, 0.4) is 0 Å². The molecule has 0 saturated heterocycles. The number of methoxy groups -OCH3 is 1. The van der Waals surface area contributed by atoms with Gasteiger partial charge in [-0.25, -0.2) is 9.48 Å². The predicted octanol–water partition coefficient (Wildman–Crippen LogP) is 5.26. The van der Waals surface area contributed by atoms with Crippen LogP contribution in [0, 0.1) is 12.3 Å². The van der Waals surface area contributed by atoms with Gasteiger partial charge in [-0.05, 0) is 68.2 Å². The summed E-state index contributed by atoms with van der Waals surface area (Å²) in [6.45, 7) is 17.3. The standard InChI is InChI=1S/C33H49N7O4/c1-22-12-13-23(17-27(22)40-20-28(36-37-40)44-31(42)34-21-32(2,3)4)30(41)35-26-18-25(33(5,6)7)16-24(29(26)43-11)19-39(10)15-14-38(8)9/h12-13,16-18,20H,14-15,19,21H2,1-11H3,(H,34,42)(H,35,41). The Hall–Kier alpha value is -3.96. The predicted molar refractivity (Wildman–Crippen MR) is 174 cm³/mol. The number of carbonyl (C=O) groups excluding carboxylic acids is 2. The Bertz CT molecular complexity index is 1450. The number of anilines is 1. The first-order valence-corrected chi connectivity index (χ1v) is 14.8. The monoisotopic (exact) mass is 607 g/mol. The Morgan fingerprint density at radius 2 is 1.70 bits per heavy atom. The number of benzene rings is 2. The number of likely N-dealkylation sites (N-methyl/N-ethyl adjacent to an activating group) is 2. The quantitative estimate of drug-likeness (QED) is 0.304. The van der Waals surface area contributed by atoms with Gasteiger partial charge in [0.25, 0.3) is 11.8 Å². The summed E-state index contributed by atoms with van der Waals surface area (Å²) in [5.41, 5.74) is 4.41. The summed E-state index contributed by atoms with van der Waals surface area (Å²) in [6, 6.07) is 9.49. The minimum absolute atomic E-state index is 0.0532. The highest BCUT2D eigenvalue weighted by atomic mass is 16.6. The fourth-order valence-electron chi connectivity index (χ4n) is 4.39. The van der Waals surface area contributed by atoms with E-state index in [1.54, 1.807) is 19.2 Å². The van der Waals surface area contributed by atoms with Crippen LogP contribution in [0.1, 0.15) is 68.6 Å². The lowest BCUT2D eigenvalue weighted by atomic mass is 9.85. The van der Waals surface area contributed by atoms with E-state index in [9.17, 15) is 9.59 Å². The Morgan fingerprint density at radius 3 is 2.32 bits per heavy atom. The highest BCUT2D eigenvalue weighted by Crippen LogP contribution is 2.36. The van der Waals surface area contributed by atoms with Crippen LogP contribution in [0.25, 0.3) is 5.69 Å². The first kappa shape index (κ1) is 34.5. The summed E-state index contributed by atoms with van der Waals surface area (Å²) in [5.74, 6) is 0.399. The molecule has 0 fully saturated rings. The molecule has 0 spiro atoms. The average Bonchev–Trinajstić information content (AvgIpc) is 3.38. The zero-order valence-corrected chi connectivity index (χ0v) is 28.2. The molecule has 0 aliphatic carbocycles. The SMILES string of the molecule is COc1c(CN(C)CCN(C)C)cc(C(C)(C)C)cc1NC(=O)c1ccc(C)c(-n2cc(OC(=O)NCC(C)(C)C)nn2)c1. The van der Waals surface area contributed by atoms with E-state index < -0.39 is 6.09 Å². The molecule has 2 amide bonds. The van der Waals surface area contributed by atoms with Crippen molar-refractivity contribution in [1.29, 1.82) is 0 Å². The zero-order chi connectivity index (χ0) is 32.8. The molecule has 2 N–H and O–H groups in total. The van der Waals surface area contributed by atoms with E-state index in [-0.39, 0.29) is 22.6 Å². The number of carbonyl (C=O) groups is 2. The molecule has 2 aromatic carbocycles. The molecule has 0 bridgehead atoms. The molecule has 11 heteroatoms. The first-order valence-electron chi connectivity index (χ1n) is 14.8. The van der Waals surface area contributed by atoms with E-state index in [4.69, 9.17) is 9.47 Å². The maximum atomic E-state index is 13.6. The number of aromatic nitrogens is 3. The third kappa shape index (κ3) is 9.78. The molecule has 3 aromatic rings. The number of nitrogens with one attached hydrogen (secondary N) is 2. The molecule has 240 valence electrons. The Labute approximate surface area is 261 Å². The lowest BCUT2D eigenvalue weighted by Crippen LogP contribution is -2.34. The third-order valence-electron chi connectivity index (χ3n) is 7.00. The Balaban J connectivity index is 1.87. The van der Waals surface area contributed by atoms with Crippen LogP contribution in [0.5, 0.6) is 11.6 Å². The van der Waals surface area contributed by atoms with E-state index in [0.29, 0.717) is 35.8 Å². The van der Waals surface area contributed by atoms with Gasteiger partial charge in [-0.2, -0.15) is 0 Å². The van der Waals surface area contributed by atoms with Crippen LogP contribution in [0.4, 0.5) is 10.5 Å². The first-order chi connectivity index (χ1) is 20.5. The lowest BCUT2D eigenvalue weighted by molar-refractivity contribution is 0.102. The number of hydrogen-bond acceptors (Lipinski definition) is 8. The van der Waals surface area contributed by atoms with E-state index in [0.717, 1.165) is 29.8 Å². The van der Waals surface area contributed by atoms with Crippen LogP contribution < -0.4 is 20.1 Å². The second kappa shape index (κ2) is 14.2. The summed E-state index contributed by atoms with van der Waals surface area (Å²) < 4.78 is 12.7. The maximum Gasteiger partial charge on any atom is 0.414 e. The van der Waals surface area contributed by atoms with Crippen LogP contribution in [0.2, 0.25) is 0 Å². The van der Waals surface area contributed by atoms with Crippen LogP contribution in [-0.4, -0.2) is 84.7 Å². The number of rotatable bonds is 11. The van der Waals surface area contributed by atoms with Gasteiger partial charge in [0.15, 0.2) is 0 Å². The second-order valence-corrected chi connectivity index (χ2v) is 13.8.